The molecule has 3 rings (SSSR count). The van der Waals surface area contributed by atoms with Crippen molar-refractivity contribution in [2.24, 2.45) is 0 Å². The van der Waals surface area contributed by atoms with Crippen LogP contribution in [0, 0.1) is 0 Å². The van der Waals surface area contributed by atoms with E-state index < -0.39 is 38.1 Å². The number of halogens is 3. The molecular formula is C15H17F3O4S. The molecule has 2 aliphatic heterocycles. The van der Waals surface area contributed by atoms with Crippen LogP contribution < -0.4 is 4.74 Å². The van der Waals surface area contributed by atoms with Crippen molar-refractivity contribution in [3.05, 3.63) is 29.8 Å². The summed E-state index contributed by atoms with van der Waals surface area (Å²) in [6, 6.07) is 5.17. The summed E-state index contributed by atoms with van der Waals surface area (Å²) in [4.78, 5) is 0. The highest BCUT2D eigenvalue weighted by Gasteiger charge is 2.51. The third-order valence-corrected chi connectivity index (χ3v) is 7.38. The molecule has 23 heavy (non-hydrogen) atoms. The van der Waals surface area contributed by atoms with Gasteiger partial charge in [-0.25, -0.2) is 8.42 Å². The van der Waals surface area contributed by atoms with Crippen molar-refractivity contribution in [1.29, 1.82) is 0 Å². The molecule has 0 radical (unpaired) electrons. The molecule has 0 spiro atoms. The van der Waals surface area contributed by atoms with Crippen LogP contribution in [-0.2, 0) is 15.4 Å². The summed E-state index contributed by atoms with van der Waals surface area (Å²) in [5.74, 6) is -0.415. The SMILES string of the molecule is O=S1(=O)C2CCCC1CC(O)(c1cccc(OC(F)(F)F)c1)C2. The summed E-state index contributed by atoms with van der Waals surface area (Å²) in [6.07, 6.45) is -3.02. The molecule has 2 saturated heterocycles. The van der Waals surface area contributed by atoms with Gasteiger partial charge in [-0.1, -0.05) is 18.6 Å². The fraction of sp³-hybridized carbons (Fsp3) is 0.600. The van der Waals surface area contributed by atoms with Crippen LogP contribution in [0.2, 0.25) is 0 Å². The fourth-order valence-electron chi connectivity index (χ4n) is 3.67. The van der Waals surface area contributed by atoms with Crippen molar-refractivity contribution >= 4 is 9.84 Å². The van der Waals surface area contributed by atoms with Gasteiger partial charge in [0.15, 0.2) is 9.84 Å². The van der Waals surface area contributed by atoms with Gasteiger partial charge in [0, 0.05) is 0 Å². The molecule has 2 bridgehead atoms. The van der Waals surface area contributed by atoms with Crippen LogP contribution in [0.5, 0.6) is 5.75 Å². The molecule has 1 aromatic carbocycles. The second-order valence-electron chi connectivity index (χ2n) is 6.28. The summed E-state index contributed by atoms with van der Waals surface area (Å²) in [6.45, 7) is 0. The standard InChI is InChI=1S/C15H17F3O4S/c16-15(17,18)22-11-4-1-3-10(7-11)14(19)8-12-5-2-6-13(9-14)23(12,20)21/h1,3-4,7,12-13,19H,2,5-6,8-9H2. The average Bonchev–Trinajstić information content (AvgIpc) is 2.39. The topological polar surface area (TPSA) is 63.6 Å². The highest BCUT2D eigenvalue weighted by molar-refractivity contribution is 7.92. The van der Waals surface area contributed by atoms with E-state index in [1.807, 2.05) is 0 Å². The lowest BCUT2D eigenvalue weighted by Crippen LogP contribution is -2.50. The summed E-state index contributed by atoms with van der Waals surface area (Å²) in [5.41, 5.74) is -1.17. The third-order valence-electron chi connectivity index (χ3n) is 4.72. The Morgan fingerprint density at radius 2 is 1.78 bits per heavy atom. The van der Waals surface area contributed by atoms with E-state index in [-0.39, 0.29) is 18.4 Å². The number of aliphatic hydroxyl groups is 1. The second-order valence-corrected chi connectivity index (χ2v) is 8.79. The van der Waals surface area contributed by atoms with Crippen LogP contribution in [0.15, 0.2) is 24.3 Å². The first-order valence-electron chi connectivity index (χ1n) is 7.42. The van der Waals surface area contributed by atoms with Crippen LogP contribution in [0.4, 0.5) is 13.2 Å². The van der Waals surface area contributed by atoms with E-state index in [0.29, 0.717) is 12.8 Å². The van der Waals surface area contributed by atoms with E-state index >= 15 is 0 Å². The molecule has 8 heteroatoms. The van der Waals surface area contributed by atoms with Crippen molar-refractivity contribution in [2.75, 3.05) is 0 Å². The monoisotopic (exact) mass is 350 g/mol. The van der Waals surface area contributed by atoms with Gasteiger partial charge in [0.1, 0.15) is 5.75 Å². The number of hydrogen-bond donors (Lipinski definition) is 1. The normalized spacial score (nSPS) is 33.2. The Balaban J connectivity index is 1.91. The van der Waals surface area contributed by atoms with Gasteiger partial charge in [-0.2, -0.15) is 0 Å². The summed E-state index contributed by atoms with van der Waals surface area (Å²) >= 11 is 0. The van der Waals surface area contributed by atoms with Crippen LogP contribution in [0.25, 0.3) is 0 Å². The lowest BCUT2D eigenvalue weighted by molar-refractivity contribution is -0.274. The summed E-state index contributed by atoms with van der Waals surface area (Å²) < 4.78 is 65.5. The minimum absolute atomic E-state index is 0.0152. The molecule has 1 aromatic rings. The van der Waals surface area contributed by atoms with Crippen LogP contribution in [0.3, 0.4) is 0 Å². The number of hydrogen-bond acceptors (Lipinski definition) is 4. The van der Waals surface area contributed by atoms with E-state index in [1.54, 1.807) is 0 Å². The van der Waals surface area contributed by atoms with Gasteiger partial charge in [-0.3, -0.25) is 0 Å². The van der Waals surface area contributed by atoms with Crippen LogP contribution >= 0.6 is 0 Å². The number of alkyl halides is 3. The largest absolute Gasteiger partial charge is 0.573 e. The highest BCUT2D eigenvalue weighted by Crippen LogP contribution is 2.46. The second kappa shape index (κ2) is 5.37. The first kappa shape index (κ1) is 16.6. The molecule has 2 fully saturated rings. The fourth-order valence-corrected chi connectivity index (χ4v) is 6.22. The predicted octanol–water partition coefficient (Wildman–Crippen LogP) is 2.90. The zero-order valence-electron chi connectivity index (χ0n) is 12.2. The minimum Gasteiger partial charge on any atom is -0.406 e. The molecule has 2 unspecified atom stereocenters. The first-order valence-corrected chi connectivity index (χ1v) is 9.02. The summed E-state index contributed by atoms with van der Waals surface area (Å²) in [7, 11) is -3.25. The molecule has 4 nitrogen and oxygen atoms in total. The molecular weight excluding hydrogens is 333 g/mol. The van der Waals surface area contributed by atoms with E-state index in [0.717, 1.165) is 18.6 Å². The maximum absolute atomic E-state index is 12.3. The van der Waals surface area contributed by atoms with Gasteiger partial charge in [0.2, 0.25) is 0 Å². The van der Waals surface area contributed by atoms with Crippen molar-refractivity contribution in [3.8, 4) is 5.75 Å². The third kappa shape index (κ3) is 3.19. The Morgan fingerprint density at radius 1 is 1.17 bits per heavy atom. The van der Waals surface area contributed by atoms with Gasteiger partial charge in [-0.15, -0.1) is 13.2 Å². The smallest absolute Gasteiger partial charge is 0.406 e. The Bertz CT molecular complexity index is 679. The number of fused-ring (bicyclic) bond motifs is 2. The zero-order valence-corrected chi connectivity index (χ0v) is 13.0. The number of rotatable bonds is 2. The minimum atomic E-state index is -4.81. The highest BCUT2D eigenvalue weighted by atomic mass is 32.2. The lowest BCUT2D eigenvalue weighted by Gasteiger charge is -2.44. The lowest BCUT2D eigenvalue weighted by atomic mass is 9.80. The van der Waals surface area contributed by atoms with E-state index in [9.17, 15) is 26.7 Å². The van der Waals surface area contributed by atoms with Crippen molar-refractivity contribution < 1.29 is 31.4 Å². The molecule has 0 saturated carbocycles. The Kier molecular flexibility index (Phi) is 3.87. The average molecular weight is 350 g/mol. The predicted molar refractivity (Wildman–Crippen MR) is 76.6 cm³/mol. The van der Waals surface area contributed by atoms with Gasteiger partial charge in [0.05, 0.1) is 16.1 Å². The molecule has 2 heterocycles. The Morgan fingerprint density at radius 3 is 2.35 bits per heavy atom. The molecule has 0 aliphatic carbocycles. The van der Waals surface area contributed by atoms with Gasteiger partial charge in [-0.05, 0) is 43.4 Å². The quantitative estimate of drug-likeness (QED) is 0.891. The van der Waals surface area contributed by atoms with Crippen molar-refractivity contribution in [1.82, 2.24) is 0 Å². The molecule has 2 atom stereocenters. The van der Waals surface area contributed by atoms with Crippen molar-refractivity contribution in [3.63, 3.8) is 0 Å². The zero-order chi connectivity index (χ0) is 16.9. The van der Waals surface area contributed by atoms with Crippen molar-refractivity contribution in [2.45, 2.75) is 54.6 Å². The number of sulfone groups is 1. The van der Waals surface area contributed by atoms with Gasteiger partial charge < -0.3 is 9.84 Å². The molecule has 128 valence electrons. The molecule has 2 aliphatic rings. The van der Waals surface area contributed by atoms with Crippen LogP contribution in [-0.4, -0.2) is 30.4 Å². The van der Waals surface area contributed by atoms with Crippen LogP contribution in [0.1, 0.15) is 37.7 Å². The Hall–Kier alpha value is -1.28. The number of ether oxygens (including phenoxy) is 1. The van der Waals surface area contributed by atoms with E-state index in [4.69, 9.17) is 0 Å². The molecule has 0 amide bonds. The first-order chi connectivity index (χ1) is 10.6. The summed E-state index contributed by atoms with van der Waals surface area (Å²) in [5, 5.41) is 9.64. The van der Waals surface area contributed by atoms with E-state index in [2.05, 4.69) is 4.74 Å². The van der Waals surface area contributed by atoms with Gasteiger partial charge >= 0.3 is 6.36 Å². The van der Waals surface area contributed by atoms with E-state index in [1.165, 1.54) is 12.1 Å². The molecule has 1 N–H and O–H groups in total. The maximum Gasteiger partial charge on any atom is 0.573 e. The molecule has 0 aromatic heterocycles. The Labute approximate surface area is 132 Å². The number of benzene rings is 1. The van der Waals surface area contributed by atoms with Gasteiger partial charge in [0.25, 0.3) is 0 Å². The maximum atomic E-state index is 12.3.